The van der Waals surface area contributed by atoms with E-state index >= 15 is 0 Å². The Morgan fingerprint density at radius 3 is 2.25 bits per heavy atom. The Balaban J connectivity index is 1.64. The number of rotatable bonds is 7. The lowest BCUT2D eigenvalue weighted by Crippen LogP contribution is -2.07. The number of alkyl halides is 3. The van der Waals surface area contributed by atoms with Crippen molar-refractivity contribution in [1.82, 2.24) is 9.78 Å². The summed E-state index contributed by atoms with van der Waals surface area (Å²) in [6, 6.07) is 24.3. The fourth-order valence-corrected chi connectivity index (χ4v) is 3.51. The van der Waals surface area contributed by atoms with Crippen molar-refractivity contribution in [2.24, 2.45) is 0 Å². The van der Waals surface area contributed by atoms with Gasteiger partial charge < -0.3 is 10.4 Å². The zero-order valence-corrected chi connectivity index (χ0v) is 17.2. The molecule has 1 aromatic heterocycles. The second kappa shape index (κ2) is 9.28. The molecule has 0 atom stereocenters. The number of aliphatic hydroxyl groups is 1. The summed E-state index contributed by atoms with van der Waals surface area (Å²) in [7, 11) is 0. The Kier molecular flexibility index (Phi) is 6.28. The third-order valence-corrected chi connectivity index (χ3v) is 5.10. The molecule has 4 rings (SSSR count). The monoisotopic (exact) mass is 437 g/mol. The van der Waals surface area contributed by atoms with Gasteiger partial charge in [0.1, 0.15) is 0 Å². The lowest BCUT2D eigenvalue weighted by atomic mass is 10.1. The number of aliphatic hydroxyl groups excluding tert-OH is 1. The molecule has 4 aromatic rings. The molecule has 0 spiro atoms. The number of halogens is 3. The SMILES string of the molecule is OCCc1cc(-c2ccccc2Nc2ccc(C(F)(F)F)cc2)nn1Cc1ccccc1. The van der Waals surface area contributed by atoms with Crippen LogP contribution in [0.1, 0.15) is 16.8 Å². The van der Waals surface area contributed by atoms with E-state index < -0.39 is 11.7 Å². The van der Waals surface area contributed by atoms with Crippen molar-refractivity contribution in [2.45, 2.75) is 19.1 Å². The van der Waals surface area contributed by atoms with E-state index in [0.29, 0.717) is 18.7 Å². The molecule has 7 heteroatoms. The average Bonchev–Trinajstić information content (AvgIpc) is 3.17. The first-order valence-electron chi connectivity index (χ1n) is 10.2. The molecule has 0 saturated heterocycles. The molecule has 2 N–H and O–H groups in total. The topological polar surface area (TPSA) is 50.1 Å². The van der Waals surface area contributed by atoms with Crippen LogP contribution < -0.4 is 5.32 Å². The first kappa shape index (κ1) is 21.6. The molecule has 0 fully saturated rings. The molecule has 4 nitrogen and oxygen atoms in total. The van der Waals surface area contributed by atoms with Crippen molar-refractivity contribution in [2.75, 3.05) is 11.9 Å². The summed E-state index contributed by atoms with van der Waals surface area (Å²) < 4.78 is 40.4. The molecule has 0 unspecified atom stereocenters. The van der Waals surface area contributed by atoms with E-state index in [4.69, 9.17) is 5.10 Å². The van der Waals surface area contributed by atoms with Gasteiger partial charge in [-0.1, -0.05) is 48.5 Å². The summed E-state index contributed by atoms with van der Waals surface area (Å²) in [5.74, 6) is 0. The maximum Gasteiger partial charge on any atom is 0.416 e. The molecular weight excluding hydrogens is 415 g/mol. The minimum atomic E-state index is -4.37. The summed E-state index contributed by atoms with van der Waals surface area (Å²) in [6.45, 7) is 0.579. The zero-order chi connectivity index (χ0) is 22.6. The molecule has 32 heavy (non-hydrogen) atoms. The highest BCUT2D eigenvalue weighted by Gasteiger charge is 2.30. The van der Waals surface area contributed by atoms with Gasteiger partial charge in [0.15, 0.2) is 0 Å². The van der Waals surface area contributed by atoms with Gasteiger partial charge >= 0.3 is 6.18 Å². The number of nitrogens with zero attached hydrogens (tertiary/aromatic N) is 2. The van der Waals surface area contributed by atoms with E-state index in [0.717, 1.165) is 40.3 Å². The average molecular weight is 437 g/mol. The van der Waals surface area contributed by atoms with E-state index in [-0.39, 0.29) is 6.61 Å². The third kappa shape index (κ3) is 5.00. The van der Waals surface area contributed by atoms with E-state index in [1.807, 2.05) is 65.3 Å². The summed E-state index contributed by atoms with van der Waals surface area (Å²) in [5, 5.41) is 17.4. The second-order valence-electron chi connectivity index (χ2n) is 7.38. The lowest BCUT2D eigenvalue weighted by Gasteiger charge is -2.12. The summed E-state index contributed by atoms with van der Waals surface area (Å²) in [4.78, 5) is 0. The molecule has 0 aliphatic heterocycles. The third-order valence-electron chi connectivity index (χ3n) is 5.10. The number of hydrogen-bond acceptors (Lipinski definition) is 3. The minimum Gasteiger partial charge on any atom is -0.396 e. The van der Waals surface area contributed by atoms with Crippen molar-refractivity contribution in [3.8, 4) is 11.3 Å². The van der Waals surface area contributed by atoms with Gasteiger partial charge in [-0.2, -0.15) is 18.3 Å². The summed E-state index contributed by atoms with van der Waals surface area (Å²) in [6.07, 6.45) is -3.90. The van der Waals surface area contributed by atoms with E-state index in [9.17, 15) is 18.3 Å². The molecule has 0 saturated carbocycles. The molecule has 0 aliphatic carbocycles. The smallest absolute Gasteiger partial charge is 0.396 e. The Morgan fingerprint density at radius 2 is 1.56 bits per heavy atom. The molecule has 1 heterocycles. The van der Waals surface area contributed by atoms with Gasteiger partial charge in [0.25, 0.3) is 0 Å². The van der Waals surface area contributed by atoms with Crippen LogP contribution in [-0.2, 0) is 19.1 Å². The van der Waals surface area contributed by atoms with Crippen LogP contribution >= 0.6 is 0 Å². The van der Waals surface area contributed by atoms with Crippen molar-refractivity contribution in [3.63, 3.8) is 0 Å². The molecule has 164 valence electrons. The number of nitrogens with one attached hydrogen (secondary N) is 1. The number of para-hydroxylation sites is 1. The highest BCUT2D eigenvalue weighted by Crippen LogP contribution is 2.33. The fraction of sp³-hybridized carbons (Fsp3) is 0.160. The summed E-state index contributed by atoms with van der Waals surface area (Å²) in [5.41, 5.74) is 4.12. The predicted octanol–water partition coefficient (Wildman–Crippen LogP) is 5.90. The maximum absolute atomic E-state index is 12.8. The number of hydrogen-bond donors (Lipinski definition) is 2. The predicted molar refractivity (Wildman–Crippen MR) is 119 cm³/mol. The van der Waals surface area contributed by atoms with Crippen LogP contribution in [0.25, 0.3) is 11.3 Å². The number of benzene rings is 3. The van der Waals surface area contributed by atoms with Gasteiger partial charge in [-0.25, -0.2) is 0 Å². The second-order valence-corrected chi connectivity index (χ2v) is 7.38. The minimum absolute atomic E-state index is 0.00533. The van der Waals surface area contributed by atoms with Crippen LogP contribution in [0.3, 0.4) is 0 Å². The van der Waals surface area contributed by atoms with Crippen molar-refractivity contribution in [3.05, 3.63) is 102 Å². The zero-order valence-electron chi connectivity index (χ0n) is 17.2. The van der Waals surface area contributed by atoms with Gasteiger partial charge in [-0.15, -0.1) is 0 Å². The van der Waals surface area contributed by atoms with Crippen molar-refractivity contribution < 1.29 is 18.3 Å². The van der Waals surface area contributed by atoms with Crippen molar-refractivity contribution >= 4 is 11.4 Å². The van der Waals surface area contributed by atoms with Crippen LogP contribution in [0.4, 0.5) is 24.5 Å². The highest BCUT2D eigenvalue weighted by atomic mass is 19.4. The number of anilines is 2. The van der Waals surface area contributed by atoms with Gasteiger partial charge in [0, 0.05) is 35.7 Å². The van der Waals surface area contributed by atoms with Crippen LogP contribution in [-0.4, -0.2) is 21.5 Å². The first-order valence-corrected chi connectivity index (χ1v) is 10.2. The molecule has 0 bridgehead atoms. The molecular formula is C25H22F3N3O. The van der Waals surface area contributed by atoms with Crippen LogP contribution in [0.2, 0.25) is 0 Å². The molecule has 3 aromatic carbocycles. The van der Waals surface area contributed by atoms with Crippen LogP contribution in [0.5, 0.6) is 0 Å². The Hall–Kier alpha value is -3.58. The van der Waals surface area contributed by atoms with Gasteiger partial charge in [-0.3, -0.25) is 4.68 Å². The summed E-state index contributed by atoms with van der Waals surface area (Å²) >= 11 is 0. The number of aromatic nitrogens is 2. The van der Waals surface area contributed by atoms with E-state index in [1.54, 1.807) is 0 Å². The van der Waals surface area contributed by atoms with E-state index in [2.05, 4.69) is 5.32 Å². The van der Waals surface area contributed by atoms with Gasteiger partial charge in [0.05, 0.1) is 17.8 Å². The van der Waals surface area contributed by atoms with Crippen LogP contribution in [0.15, 0.2) is 84.9 Å². The lowest BCUT2D eigenvalue weighted by molar-refractivity contribution is -0.137. The maximum atomic E-state index is 12.8. The van der Waals surface area contributed by atoms with Gasteiger partial charge in [-0.05, 0) is 42.0 Å². The molecule has 0 radical (unpaired) electrons. The Morgan fingerprint density at radius 1 is 0.875 bits per heavy atom. The first-order chi connectivity index (χ1) is 15.4. The van der Waals surface area contributed by atoms with Crippen LogP contribution in [0, 0.1) is 0 Å². The molecule has 0 aliphatic rings. The van der Waals surface area contributed by atoms with Crippen molar-refractivity contribution in [1.29, 1.82) is 0 Å². The highest BCUT2D eigenvalue weighted by molar-refractivity contribution is 5.79. The Labute approximate surface area is 184 Å². The fourth-order valence-electron chi connectivity index (χ4n) is 3.51. The largest absolute Gasteiger partial charge is 0.416 e. The van der Waals surface area contributed by atoms with Gasteiger partial charge in [0.2, 0.25) is 0 Å². The molecule has 0 amide bonds. The quantitative estimate of drug-likeness (QED) is 0.379. The van der Waals surface area contributed by atoms with E-state index in [1.165, 1.54) is 12.1 Å². The normalized spacial score (nSPS) is 11.5. The Bertz CT molecular complexity index is 1170. The standard InChI is InChI=1S/C25H22F3N3O/c26-25(27,28)19-10-12-20(13-11-19)29-23-9-5-4-8-22(23)24-16-21(14-15-32)31(30-24)17-18-6-2-1-3-7-18/h1-13,16,29,32H,14-15,17H2.